The molecule has 3 N–H and O–H groups in total. The second-order valence-electron chi connectivity index (χ2n) is 7.04. The highest BCUT2D eigenvalue weighted by Gasteiger charge is 2.20. The number of aliphatic hydroxyl groups is 1. The lowest BCUT2D eigenvalue weighted by molar-refractivity contribution is -0.124. The number of nitrogens with one attached hydrogen (secondary N) is 2. The van der Waals surface area contributed by atoms with E-state index in [1.165, 1.54) is 0 Å². The molecule has 1 aliphatic rings. The number of para-hydroxylation sites is 1. The van der Waals surface area contributed by atoms with Gasteiger partial charge in [0.2, 0.25) is 5.91 Å². The quantitative estimate of drug-likeness (QED) is 0.614. The zero-order chi connectivity index (χ0) is 21.2. The normalized spacial score (nSPS) is 14.7. The summed E-state index contributed by atoms with van der Waals surface area (Å²) >= 11 is 0. The summed E-state index contributed by atoms with van der Waals surface area (Å²) in [6.07, 6.45) is 1.18. The molecule has 0 atom stereocenters. The van der Waals surface area contributed by atoms with Crippen LogP contribution in [0.1, 0.15) is 12.8 Å². The molecule has 1 aliphatic heterocycles. The van der Waals surface area contributed by atoms with Crippen LogP contribution in [0.3, 0.4) is 0 Å². The van der Waals surface area contributed by atoms with E-state index in [0.29, 0.717) is 23.8 Å². The summed E-state index contributed by atoms with van der Waals surface area (Å²) in [7, 11) is 0. The SMILES string of the molecule is O=C(CO)NC1CCN(CCOc2ccc(OC(=O)Nc3ccccc3)cc2)CC1. The Kier molecular flexibility index (Phi) is 8.05. The maximum absolute atomic E-state index is 11.9. The largest absolute Gasteiger partial charge is 0.492 e. The molecule has 0 unspecified atom stereocenters. The van der Waals surface area contributed by atoms with Gasteiger partial charge in [0.15, 0.2) is 0 Å². The van der Waals surface area contributed by atoms with E-state index in [9.17, 15) is 9.59 Å². The van der Waals surface area contributed by atoms with Gasteiger partial charge < -0.3 is 19.9 Å². The summed E-state index contributed by atoms with van der Waals surface area (Å²) in [6.45, 7) is 2.63. The van der Waals surface area contributed by atoms with Crippen molar-refractivity contribution >= 4 is 17.7 Å². The zero-order valence-electron chi connectivity index (χ0n) is 16.8. The van der Waals surface area contributed by atoms with E-state index in [1.54, 1.807) is 36.4 Å². The maximum Gasteiger partial charge on any atom is 0.417 e. The Morgan fingerprint density at radius 2 is 1.67 bits per heavy atom. The van der Waals surface area contributed by atoms with Crippen LogP contribution in [0.15, 0.2) is 54.6 Å². The fraction of sp³-hybridized carbons (Fsp3) is 0.364. The molecule has 8 heteroatoms. The van der Waals surface area contributed by atoms with Crippen LogP contribution in [-0.4, -0.2) is 60.9 Å². The van der Waals surface area contributed by atoms with Crippen LogP contribution in [0.25, 0.3) is 0 Å². The van der Waals surface area contributed by atoms with Gasteiger partial charge >= 0.3 is 6.09 Å². The molecular formula is C22H27N3O5. The van der Waals surface area contributed by atoms with E-state index in [1.807, 2.05) is 18.2 Å². The Bertz CT molecular complexity index is 805. The molecule has 1 fully saturated rings. The number of ether oxygens (including phenoxy) is 2. The minimum Gasteiger partial charge on any atom is -0.492 e. The Morgan fingerprint density at radius 3 is 2.33 bits per heavy atom. The van der Waals surface area contributed by atoms with Crippen LogP contribution in [0.4, 0.5) is 10.5 Å². The number of rotatable bonds is 8. The smallest absolute Gasteiger partial charge is 0.417 e. The molecule has 0 spiro atoms. The Balaban J connectivity index is 1.34. The van der Waals surface area contributed by atoms with E-state index in [4.69, 9.17) is 14.6 Å². The lowest BCUT2D eigenvalue weighted by Crippen LogP contribution is -2.46. The molecule has 160 valence electrons. The van der Waals surface area contributed by atoms with Gasteiger partial charge in [0.25, 0.3) is 0 Å². The van der Waals surface area contributed by atoms with Crippen molar-refractivity contribution in [3.05, 3.63) is 54.6 Å². The first-order valence-electron chi connectivity index (χ1n) is 10.0. The van der Waals surface area contributed by atoms with Crippen molar-refractivity contribution in [2.45, 2.75) is 18.9 Å². The molecule has 2 aromatic rings. The number of hydrogen-bond acceptors (Lipinski definition) is 6. The minimum atomic E-state index is -0.548. The van der Waals surface area contributed by atoms with Crippen molar-refractivity contribution in [1.29, 1.82) is 0 Å². The Labute approximate surface area is 175 Å². The molecule has 0 radical (unpaired) electrons. The number of carbonyl (C=O) groups excluding carboxylic acids is 2. The number of benzene rings is 2. The van der Waals surface area contributed by atoms with Crippen molar-refractivity contribution in [2.75, 3.05) is 38.2 Å². The van der Waals surface area contributed by atoms with Gasteiger partial charge in [-0.15, -0.1) is 0 Å². The first kappa shape index (κ1) is 21.6. The second-order valence-corrected chi connectivity index (χ2v) is 7.04. The highest BCUT2D eigenvalue weighted by atomic mass is 16.6. The summed E-state index contributed by atoms with van der Waals surface area (Å²) in [6, 6.07) is 16.1. The average molecular weight is 413 g/mol. The van der Waals surface area contributed by atoms with Gasteiger partial charge in [-0.2, -0.15) is 0 Å². The third-order valence-corrected chi connectivity index (χ3v) is 4.83. The molecule has 8 nitrogen and oxygen atoms in total. The van der Waals surface area contributed by atoms with E-state index in [-0.39, 0.29) is 11.9 Å². The number of nitrogens with zero attached hydrogens (tertiary/aromatic N) is 1. The van der Waals surface area contributed by atoms with Crippen molar-refractivity contribution in [1.82, 2.24) is 10.2 Å². The number of likely N-dealkylation sites (tertiary alicyclic amines) is 1. The first-order chi connectivity index (χ1) is 14.6. The van der Waals surface area contributed by atoms with Gasteiger partial charge in [0, 0.05) is 31.4 Å². The average Bonchev–Trinajstić information content (AvgIpc) is 2.77. The summed E-state index contributed by atoms with van der Waals surface area (Å²) in [5.41, 5.74) is 0.669. The second kappa shape index (κ2) is 11.2. The molecule has 1 saturated heterocycles. The van der Waals surface area contributed by atoms with Gasteiger partial charge in [-0.3, -0.25) is 15.0 Å². The van der Waals surface area contributed by atoms with Gasteiger partial charge in [0.1, 0.15) is 24.7 Å². The third-order valence-electron chi connectivity index (χ3n) is 4.83. The molecule has 2 amide bonds. The predicted molar refractivity (Wildman–Crippen MR) is 113 cm³/mol. The molecule has 2 aromatic carbocycles. The fourth-order valence-corrected chi connectivity index (χ4v) is 3.24. The molecule has 0 aromatic heterocycles. The third kappa shape index (κ3) is 7.06. The predicted octanol–water partition coefficient (Wildman–Crippen LogP) is 2.25. The number of carbonyl (C=O) groups is 2. The summed E-state index contributed by atoms with van der Waals surface area (Å²) in [5, 5.41) is 14.3. The number of amides is 2. The van der Waals surface area contributed by atoms with Crippen molar-refractivity contribution < 1.29 is 24.2 Å². The summed E-state index contributed by atoms with van der Waals surface area (Å²) in [4.78, 5) is 25.4. The van der Waals surface area contributed by atoms with Crippen LogP contribution < -0.4 is 20.1 Å². The van der Waals surface area contributed by atoms with Crippen molar-refractivity contribution in [3.63, 3.8) is 0 Å². The zero-order valence-corrected chi connectivity index (χ0v) is 16.8. The van der Waals surface area contributed by atoms with Crippen LogP contribution >= 0.6 is 0 Å². The maximum atomic E-state index is 11.9. The van der Waals surface area contributed by atoms with E-state index in [0.717, 1.165) is 32.5 Å². The number of aliphatic hydroxyl groups excluding tert-OH is 1. The van der Waals surface area contributed by atoms with Gasteiger partial charge in [-0.05, 0) is 49.2 Å². The van der Waals surface area contributed by atoms with Crippen LogP contribution in [-0.2, 0) is 4.79 Å². The van der Waals surface area contributed by atoms with Gasteiger partial charge in [0.05, 0.1) is 0 Å². The summed E-state index contributed by atoms with van der Waals surface area (Å²) < 4.78 is 11.0. The number of piperidine rings is 1. The van der Waals surface area contributed by atoms with Crippen molar-refractivity contribution in [3.8, 4) is 11.5 Å². The molecule has 0 saturated carbocycles. The highest BCUT2D eigenvalue weighted by molar-refractivity contribution is 5.86. The molecule has 0 aliphatic carbocycles. The van der Waals surface area contributed by atoms with E-state index < -0.39 is 12.7 Å². The van der Waals surface area contributed by atoms with Crippen LogP contribution in [0.2, 0.25) is 0 Å². The fourth-order valence-electron chi connectivity index (χ4n) is 3.24. The Morgan fingerprint density at radius 1 is 1.00 bits per heavy atom. The highest BCUT2D eigenvalue weighted by Crippen LogP contribution is 2.18. The topological polar surface area (TPSA) is 100 Å². The minimum absolute atomic E-state index is 0.133. The molecular weight excluding hydrogens is 386 g/mol. The molecule has 1 heterocycles. The Hall–Kier alpha value is -3.10. The van der Waals surface area contributed by atoms with E-state index in [2.05, 4.69) is 15.5 Å². The van der Waals surface area contributed by atoms with Crippen molar-refractivity contribution in [2.24, 2.45) is 0 Å². The molecule has 0 bridgehead atoms. The van der Waals surface area contributed by atoms with Crippen LogP contribution in [0.5, 0.6) is 11.5 Å². The van der Waals surface area contributed by atoms with Gasteiger partial charge in [-0.25, -0.2) is 4.79 Å². The number of anilines is 1. The van der Waals surface area contributed by atoms with E-state index >= 15 is 0 Å². The summed E-state index contributed by atoms with van der Waals surface area (Å²) in [5.74, 6) is 0.820. The van der Waals surface area contributed by atoms with Crippen LogP contribution in [0, 0.1) is 0 Å². The molecule has 3 rings (SSSR count). The monoisotopic (exact) mass is 413 g/mol. The lowest BCUT2D eigenvalue weighted by Gasteiger charge is -2.32. The first-order valence-corrected chi connectivity index (χ1v) is 10.0. The molecule has 30 heavy (non-hydrogen) atoms. The standard InChI is InChI=1S/C22H27N3O5/c26-16-21(27)23-18-10-12-25(13-11-18)14-15-29-19-6-8-20(9-7-19)30-22(28)24-17-4-2-1-3-5-17/h1-9,18,26H,10-16H2,(H,23,27)(H,24,28). The lowest BCUT2D eigenvalue weighted by atomic mass is 10.1. The van der Waals surface area contributed by atoms with Gasteiger partial charge in [-0.1, -0.05) is 18.2 Å². The number of hydrogen-bond donors (Lipinski definition) is 3.